The number of amides is 1. The molecule has 0 radical (unpaired) electrons. The first-order valence-electron chi connectivity index (χ1n) is 5.28. The largest absolute Gasteiger partial charge is 0.478 e. The van der Waals surface area contributed by atoms with Gasteiger partial charge in [-0.3, -0.25) is 4.79 Å². The van der Waals surface area contributed by atoms with Gasteiger partial charge in [-0.2, -0.15) is 11.8 Å². The molecule has 6 heteroatoms. The van der Waals surface area contributed by atoms with Crippen LogP contribution in [0, 0.1) is 5.92 Å². The zero-order valence-corrected chi connectivity index (χ0v) is 12.5. The van der Waals surface area contributed by atoms with Crippen molar-refractivity contribution in [1.29, 1.82) is 0 Å². The minimum Gasteiger partial charge on any atom is -0.478 e. The van der Waals surface area contributed by atoms with Gasteiger partial charge in [-0.1, -0.05) is 22.9 Å². The Bertz CT molecular complexity index is 465. The van der Waals surface area contributed by atoms with Crippen LogP contribution in [0.25, 0.3) is 0 Å². The number of benzene rings is 1. The van der Waals surface area contributed by atoms with E-state index >= 15 is 0 Å². The fourth-order valence-electron chi connectivity index (χ4n) is 1.39. The highest BCUT2D eigenvalue weighted by molar-refractivity contribution is 9.10. The van der Waals surface area contributed by atoms with Gasteiger partial charge < -0.3 is 10.4 Å². The van der Waals surface area contributed by atoms with Crippen molar-refractivity contribution < 1.29 is 14.7 Å². The smallest absolute Gasteiger partial charge is 0.337 e. The van der Waals surface area contributed by atoms with E-state index in [2.05, 4.69) is 21.2 Å². The molecule has 18 heavy (non-hydrogen) atoms. The van der Waals surface area contributed by atoms with Gasteiger partial charge in [-0.25, -0.2) is 4.79 Å². The topological polar surface area (TPSA) is 66.4 Å². The van der Waals surface area contributed by atoms with Crippen LogP contribution in [0.3, 0.4) is 0 Å². The minimum atomic E-state index is -1.06. The van der Waals surface area contributed by atoms with Crippen molar-refractivity contribution in [1.82, 2.24) is 0 Å². The number of hydrogen-bond donors (Lipinski definition) is 2. The lowest BCUT2D eigenvalue weighted by atomic mass is 10.1. The number of thioether (sulfide) groups is 1. The lowest BCUT2D eigenvalue weighted by Crippen LogP contribution is -2.23. The Morgan fingerprint density at radius 2 is 2.17 bits per heavy atom. The van der Waals surface area contributed by atoms with Crippen LogP contribution in [-0.2, 0) is 4.79 Å². The van der Waals surface area contributed by atoms with Gasteiger partial charge in [0.2, 0.25) is 5.91 Å². The third kappa shape index (κ3) is 4.03. The molecule has 0 bridgehead atoms. The highest BCUT2D eigenvalue weighted by Crippen LogP contribution is 2.22. The summed E-state index contributed by atoms with van der Waals surface area (Å²) in [6.45, 7) is 1.81. The number of carboxylic acids is 1. The summed E-state index contributed by atoms with van der Waals surface area (Å²) in [6.07, 6.45) is 1.92. The van der Waals surface area contributed by atoms with Crippen LogP contribution in [0.15, 0.2) is 22.7 Å². The monoisotopic (exact) mass is 331 g/mol. The highest BCUT2D eigenvalue weighted by atomic mass is 79.9. The molecule has 1 rings (SSSR count). The van der Waals surface area contributed by atoms with Gasteiger partial charge in [0.25, 0.3) is 0 Å². The van der Waals surface area contributed by atoms with Crippen LogP contribution >= 0.6 is 27.7 Å². The summed E-state index contributed by atoms with van der Waals surface area (Å²) in [5.74, 6) is -0.705. The summed E-state index contributed by atoms with van der Waals surface area (Å²) < 4.78 is 0.723. The molecule has 1 aromatic rings. The summed E-state index contributed by atoms with van der Waals surface area (Å²) in [5.41, 5.74) is 0.401. The Labute approximate surface area is 118 Å². The van der Waals surface area contributed by atoms with E-state index in [-0.39, 0.29) is 17.4 Å². The van der Waals surface area contributed by atoms with Gasteiger partial charge >= 0.3 is 5.97 Å². The first-order chi connectivity index (χ1) is 8.45. The van der Waals surface area contributed by atoms with Gasteiger partial charge in [0.05, 0.1) is 11.3 Å². The summed E-state index contributed by atoms with van der Waals surface area (Å²) in [6, 6.07) is 4.68. The van der Waals surface area contributed by atoms with Gasteiger partial charge in [-0.15, -0.1) is 0 Å². The van der Waals surface area contributed by atoms with Crippen molar-refractivity contribution in [2.75, 3.05) is 17.3 Å². The molecule has 2 N–H and O–H groups in total. The van der Waals surface area contributed by atoms with Crippen LogP contribution in [-0.4, -0.2) is 29.0 Å². The molecular weight excluding hydrogens is 318 g/mol. The SMILES string of the molecule is CSCC(C)C(=O)Nc1cc(Br)ccc1C(=O)O. The Kier molecular flexibility index (Phi) is 5.68. The fourth-order valence-corrected chi connectivity index (χ4v) is 2.40. The van der Waals surface area contributed by atoms with Crippen molar-refractivity contribution in [3.8, 4) is 0 Å². The van der Waals surface area contributed by atoms with Crippen LogP contribution in [0.5, 0.6) is 0 Å². The van der Waals surface area contributed by atoms with E-state index < -0.39 is 5.97 Å². The number of carboxylic acid groups (broad SMARTS) is 1. The predicted octanol–water partition coefficient (Wildman–Crippen LogP) is 3.08. The summed E-state index contributed by atoms with van der Waals surface area (Å²) in [4.78, 5) is 22.9. The molecule has 4 nitrogen and oxygen atoms in total. The van der Waals surface area contributed by atoms with E-state index in [9.17, 15) is 9.59 Å². The number of nitrogens with one attached hydrogen (secondary N) is 1. The van der Waals surface area contributed by atoms with Gasteiger partial charge in [0.15, 0.2) is 0 Å². The van der Waals surface area contributed by atoms with E-state index in [0.717, 1.165) is 4.47 Å². The summed E-state index contributed by atoms with van der Waals surface area (Å²) in [5, 5.41) is 11.7. The maximum Gasteiger partial charge on any atom is 0.337 e. The normalized spacial score (nSPS) is 11.9. The molecule has 98 valence electrons. The summed E-state index contributed by atoms with van der Waals surface area (Å²) in [7, 11) is 0. The molecule has 0 spiro atoms. The van der Waals surface area contributed by atoms with Gasteiger partial charge in [-0.05, 0) is 24.5 Å². The molecule has 0 fully saturated rings. The van der Waals surface area contributed by atoms with Crippen LogP contribution < -0.4 is 5.32 Å². The molecule has 0 saturated heterocycles. The van der Waals surface area contributed by atoms with E-state index in [4.69, 9.17) is 5.11 Å². The number of hydrogen-bond acceptors (Lipinski definition) is 3. The van der Waals surface area contributed by atoms with E-state index in [1.54, 1.807) is 23.9 Å². The number of halogens is 1. The fraction of sp³-hybridized carbons (Fsp3) is 0.333. The van der Waals surface area contributed by atoms with Gasteiger partial charge in [0, 0.05) is 16.1 Å². The number of carbonyl (C=O) groups excluding carboxylic acids is 1. The molecule has 0 saturated carbocycles. The number of aromatic carboxylic acids is 1. The lowest BCUT2D eigenvalue weighted by molar-refractivity contribution is -0.118. The van der Waals surface area contributed by atoms with Crippen molar-refractivity contribution in [2.45, 2.75) is 6.92 Å². The van der Waals surface area contributed by atoms with Crippen LogP contribution in [0.1, 0.15) is 17.3 Å². The molecular formula is C12H14BrNO3S. The molecule has 1 amide bonds. The molecule has 0 aliphatic heterocycles. The standard InChI is InChI=1S/C12H14BrNO3S/c1-7(6-18-2)11(15)14-10-5-8(13)3-4-9(10)12(16)17/h3-5,7H,6H2,1-2H3,(H,14,15)(H,16,17). The second-order valence-corrected chi connectivity index (χ2v) is 5.67. The second-order valence-electron chi connectivity index (χ2n) is 3.84. The van der Waals surface area contributed by atoms with Crippen molar-refractivity contribution in [3.63, 3.8) is 0 Å². The number of carbonyl (C=O) groups is 2. The molecule has 0 aliphatic carbocycles. The number of rotatable bonds is 5. The molecule has 1 unspecified atom stereocenters. The third-order valence-corrected chi connectivity index (χ3v) is 3.66. The first kappa shape index (κ1) is 15.0. The van der Waals surface area contributed by atoms with E-state index in [1.807, 2.05) is 13.2 Å². The van der Waals surface area contributed by atoms with Gasteiger partial charge in [0.1, 0.15) is 0 Å². The first-order valence-corrected chi connectivity index (χ1v) is 7.47. The predicted molar refractivity (Wildman–Crippen MR) is 77.3 cm³/mol. The van der Waals surface area contributed by atoms with E-state index in [1.165, 1.54) is 6.07 Å². The van der Waals surface area contributed by atoms with Crippen LogP contribution in [0.2, 0.25) is 0 Å². The lowest BCUT2D eigenvalue weighted by Gasteiger charge is -2.13. The molecule has 0 aromatic heterocycles. The average molecular weight is 332 g/mol. The average Bonchev–Trinajstić information content (AvgIpc) is 2.28. The number of anilines is 1. The quantitative estimate of drug-likeness (QED) is 0.870. The van der Waals surface area contributed by atoms with Crippen molar-refractivity contribution >= 4 is 45.3 Å². The van der Waals surface area contributed by atoms with Crippen molar-refractivity contribution in [2.24, 2.45) is 5.92 Å². The maximum absolute atomic E-state index is 11.9. The van der Waals surface area contributed by atoms with Crippen LogP contribution in [0.4, 0.5) is 5.69 Å². The Balaban J connectivity index is 2.92. The second kappa shape index (κ2) is 6.80. The minimum absolute atomic E-state index is 0.0860. The highest BCUT2D eigenvalue weighted by Gasteiger charge is 2.16. The molecule has 1 aromatic carbocycles. The zero-order valence-electron chi connectivity index (χ0n) is 10.1. The van der Waals surface area contributed by atoms with Crippen molar-refractivity contribution in [3.05, 3.63) is 28.2 Å². The molecule has 0 aliphatic rings. The third-order valence-electron chi connectivity index (χ3n) is 2.33. The Hall–Kier alpha value is -1.01. The molecule has 1 atom stereocenters. The van der Waals surface area contributed by atoms with E-state index in [0.29, 0.717) is 11.4 Å². The Morgan fingerprint density at radius 1 is 1.50 bits per heavy atom. The molecule has 0 heterocycles. The Morgan fingerprint density at radius 3 is 2.72 bits per heavy atom. The maximum atomic E-state index is 11.9. The summed E-state index contributed by atoms with van der Waals surface area (Å²) >= 11 is 4.83. The zero-order chi connectivity index (χ0) is 13.7.